The van der Waals surface area contributed by atoms with Gasteiger partial charge in [0.25, 0.3) is 0 Å². The fourth-order valence-electron chi connectivity index (χ4n) is 1.30. The first-order chi connectivity index (χ1) is 15.6. The molecule has 200 valence electrons. The zero-order valence-corrected chi connectivity index (χ0v) is 22.6. The summed E-state index contributed by atoms with van der Waals surface area (Å²) in [5.74, 6) is 0. The van der Waals surface area contributed by atoms with Gasteiger partial charge in [0.2, 0.25) is 0 Å². The van der Waals surface area contributed by atoms with E-state index in [0.717, 1.165) is 0 Å². The molecule has 0 atom stereocenters. The minimum atomic E-state index is -4.94. The largest absolute Gasteiger partial charge is 2.00 e. The van der Waals surface area contributed by atoms with Gasteiger partial charge in [-0.1, -0.05) is 0 Å². The van der Waals surface area contributed by atoms with Crippen molar-refractivity contribution in [1.82, 2.24) is 38.2 Å². The number of hydrogen-bond acceptors (Lipinski definition) is 12. The zero-order chi connectivity index (χ0) is 26.6. The molecule has 0 spiro atoms. The van der Waals surface area contributed by atoms with Gasteiger partial charge in [0.15, 0.2) is 0 Å². The second kappa shape index (κ2) is 21.1. The monoisotopic (exact) mass is 721 g/mol. The van der Waals surface area contributed by atoms with E-state index in [1.165, 1.54) is 0 Å². The standard InChI is InChI=1S/4C4H6N2.2ClHO4.Pt/c4*1-6-3-2-5-4-6;2*2-1(3,4)5;/h4*2-4H,1H3;2*(H,2,3,4,5);/q;;;;;;+2/p-2. The summed E-state index contributed by atoms with van der Waals surface area (Å²) in [5.41, 5.74) is 0. The molecule has 4 aromatic rings. The average molecular weight is 722 g/mol. The Bertz CT molecular complexity index is 748. The number of aryl methyl sites for hydroxylation is 4. The summed E-state index contributed by atoms with van der Waals surface area (Å²) in [4.78, 5) is 15.1. The van der Waals surface area contributed by atoms with Crippen molar-refractivity contribution >= 4 is 0 Å². The van der Waals surface area contributed by atoms with Crippen molar-refractivity contribution in [3.05, 3.63) is 74.9 Å². The molecule has 0 aliphatic heterocycles. The predicted molar refractivity (Wildman–Crippen MR) is 92.8 cm³/mol. The molecule has 0 saturated heterocycles. The Balaban J connectivity index is -0.000000350. The van der Waals surface area contributed by atoms with Crippen LogP contribution in [0.3, 0.4) is 0 Å². The van der Waals surface area contributed by atoms with Crippen molar-refractivity contribution < 1.29 is 78.8 Å². The minimum absolute atomic E-state index is 0. The van der Waals surface area contributed by atoms with Crippen LogP contribution in [-0.2, 0) is 49.3 Å². The minimum Gasteiger partial charge on any atom is -0.341 e. The fourth-order valence-corrected chi connectivity index (χ4v) is 1.30. The molecule has 0 radical (unpaired) electrons. The van der Waals surface area contributed by atoms with Crippen molar-refractivity contribution in [2.24, 2.45) is 28.2 Å². The third-order valence-corrected chi connectivity index (χ3v) is 2.55. The number of rotatable bonds is 0. The summed E-state index contributed by atoms with van der Waals surface area (Å²) in [6, 6.07) is 0. The summed E-state index contributed by atoms with van der Waals surface area (Å²) in [6.07, 6.45) is 21.6. The summed E-state index contributed by atoms with van der Waals surface area (Å²) >= 11 is 0. The van der Waals surface area contributed by atoms with Crippen LogP contribution in [0.15, 0.2) is 74.9 Å². The molecule has 19 heteroatoms. The molecule has 4 heterocycles. The SMILES string of the molecule is Cn1ccnc1.Cn1ccnc1.Cn1ccnc1.Cn1ccnc1.[O-][Cl+3]([O-])([O-])[O-].[O-][Cl+3]([O-])([O-])[O-].[Pt+2]. The normalized spacial score (nSPS) is 9.49. The molecule has 0 saturated carbocycles. The maximum Gasteiger partial charge on any atom is 2.00 e. The van der Waals surface area contributed by atoms with E-state index < -0.39 is 20.5 Å². The van der Waals surface area contributed by atoms with Crippen molar-refractivity contribution in [3.63, 3.8) is 0 Å². The van der Waals surface area contributed by atoms with Crippen molar-refractivity contribution in [2.45, 2.75) is 0 Å². The second-order valence-electron chi connectivity index (χ2n) is 5.67. The number of aromatic nitrogens is 8. The molecule has 0 aromatic carbocycles. The smallest absolute Gasteiger partial charge is 0.341 e. The van der Waals surface area contributed by atoms with E-state index in [9.17, 15) is 0 Å². The van der Waals surface area contributed by atoms with Gasteiger partial charge in [-0.15, -0.1) is 20.5 Å². The van der Waals surface area contributed by atoms with E-state index in [4.69, 9.17) is 37.3 Å². The topological polar surface area (TPSA) is 256 Å². The predicted octanol–water partition coefficient (Wildman–Crippen LogP) is -7.83. The maximum absolute atomic E-state index is 8.49. The van der Waals surface area contributed by atoms with Crippen LogP contribution in [-0.4, -0.2) is 38.2 Å². The van der Waals surface area contributed by atoms with Crippen LogP contribution in [0.4, 0.5) is 0 Å². The molecule has 16 nitrogen and oxygen atoms in total. The molecule has 0 amide bonds. The van der Waals surface area contributed by atoms with Crippen molar-refractivity contribution in [1.29, 1.82) is 0 Å². The van der Waals surface area contributed by atoms with Crippen LogP contribution in [0.25, 0.3) is 0 Å². The second-order valence-corrected chi connectivity index (χ2v) is 7.18. The Morgan fingerprint density at radius 2 is 0.571 bits per heavy atom. The molecule has 35 heavy (non-hydrogen) atoms. The molecular weight excluding hydrogens is 698 g/mol. The Morgan fingerprint density at radius 3 is 0.600 bits per heavy atom. The molecule has 0 fully saturated rings. The number of imidazole rings is 4. The van der Waals surface area contributed by atoms with Crippen LogP contribution in [0.5, 0.6) is 0 Å². The van der Waals surface area contributed by atoms with Gasteiger partial charge in [-0.3, -0.25) is 0 Å². The molecule has 0 N–H and O–H groups in total. The number of nitrogens with zero attached hydrogens (tertiary/aromatic N) is 8. The van der Waals surface area contributed by atoms with Gasteiger partial charge in [-0.2, -0.15) is 0 Å². The Kier molecular flexibility index (Phi) is 22.5. The average Bonchev–Trinajstić information content (AvgIpc) is 3.44. The summed E-state index contributed by atoms with van der Waals surface area (Å²) in [7, 11) is -2.14. The number of halogens is 2. The van der Waals surface area contributed by atoms with E-state index in [-0.39, 0.29) is 21.1 Å². The molecule has 0 aliphatic carbocycles. The molecular formula is C16H24Cl2N8O8Pt. The molecule has 0 aliphatic rings. The van der Waals surface area contributed by atoms with Gasteiger partial charge in [0.05, 0.1) is 25.3 Å². The van der Waals surface area contributed by atoms with E-state index in [1.807, 2.05) is 71.2 Å². The van der Waals surface area contributed by atoms with E-state index >= 15 is 0 Å². The Hall–Kier alpha value is -2.21. The molecule has 0 unspecified atom stereocenters. The van der Waals surface area contributed by atoms with Crippen LogP contribution in [0.2, 0.25) is 0 Å². The Morgan fingerprint density at radius 1 is 0.429 bits per heavy atom. The van der Waals surface area contributed by atoms with E-state index in [1.54, 1.807) is 50.1 Å². The quantitative estimate of drug-likeness (QED) is 0.164. The zero-order valence-electron chi connectivity index (χ0n) is 18.8. The molecule has 4 aromatic heterocycles. The van der Waals surface area contributed by atoms with Crippen LogP contribution in [0.1, 0.15) is 0 Å². The fraction of sp³-hybridized carbons (Fsp3) is 0.250. The third-order valence-electron chi connectivity index (χ3n) is 2.55. The van der Waals surface area contributed by atoms with Crippen molar-refractivity contribution in [3.8, 4) is 0 Å². The van der Waals surface area contributed by atoms with Crippen molar-refractivity contribution in [2.75, 3.05) is 0 Å². The third kappa shape index (κ3) is 42.4. The molecule has 0 bridgehead atoms. The van der Waals surface area contributed by atoms with Gasteiger partial charge >= 0.3 is 21.1 Å². The van der Waals surface area contributed by atoms with Gasteiger partial charge in [-0.05, 0) is 0 Å². The van der Waals surface area contributed by atoms with Crippen LogP contribution < -0.4 is 37.3 Å². The summed E-state index contributed by atoms with van der Waals surface area (Å²) in [6.45, 7) is 0. The van der Waals surface area contributed by atoms with E-state index in [0.29, 0.717) is 0 Å². The summed E-state index contributed by atoms with van der Waals surface area (Å²) < 4.78 is 75.5. The first-order valence-corrected chi connectivity index (χ1v) is 11.0. The van der Waals surface area contributed by atoms with Gasteiger partial charge < -0.3 is 18.3 Å². The maximum atomic E-state index is 8.49. The van der Waals surface area contributed by atoms with Gasteiger partial charge in [-0.25, -0.2) is 57.2 Å². The Labute approximate surface area is 219 Å². The van der Waals surface area contributed by atoms with Crippen LogP contribution in [0, 0.1) is 20.5 Å². The first kappa shape index (κ1) is 37.3. The van der Waals surface area contributed by atoms with Gasteiger partial charge in [0, 0.05) is 77.8 Å². The molecule has 4 rings (SSSR count). The van der Waals surface area contributed by atoms with Crippen LogP contribution >= 0.6 is 0 Å². The number of hydrogen-bond donors (Lipinski definition) is 0. The van der Waals surface area contributed by atoms with Gasteiger partial charge in [0.1, 0.15) is 0 Å². The first-order valence-electron chi connectivity index (χ1n) is 8.49. The van der Waals surface area contributed by atoms with E-state index in [2.05, 4.69) is 19.9 Å². The summed E-state index contributed by atoms with van der Waals surface area (Å²) in [5, 5.41) is 0.